The van der Waals surface area contributed by atoms with E-state index in [1.54, 1.807) is 18.7 Å². The lowest BCUT2D eigenvalue weighted by atomic mass is 9.94. The Bertz CT molecular complexity index is 1440. The first-order chi connectivity index (χ1) is 18.2. The minimum Gasteiger partial charge on any atom is -0.488 e. The zero-order valence-electron chi connectivity index (χ0n) is 22.1. The fourth-order valence-corrected chi connectivity index (χ4v) is 5.93. The quantitative estimate of drug-likeness (QED) is 0.371. The number of nitrogens with zero attached hydrogens (tertiary/aromatic N) is 2. The highest BCUT2D eigenvalue weighted by Gasteiger charge is 2.33. The van der Waals surface area contributed by atoms with Crippen molar-refractivity contribution < 1.29 is 32.2 Å². The molecule has 7 nitrogen and oxygen atoms in total. The van der Waals surface area contributed by atoms with E-state index in [2.05, 4.69) is 5.32 Å². The van der Waals surface area contributed by atoms with Crippen LogP contribution in [0.2, 0.25) is 0 Å². The van der Waals surface area contributed by atoms with Gasteiger partial charge in [-0.15, -0.1) is 0 Å². The molecule has 0 saturated carbocycles. The molecule has 4 rings (SSSR count). The SMILES string of the molecule is CC(n1c(=O)n(-c2cc(OCC(F)F)ccc2F)c2cc(F)c(C(=O)NC3(C)CCSCC3)cc21)C(C)(C)O. The number of fused-ring (bicyclic) bond motifs is 1. The number of thioether (sulfide) groups is 1. The third-order valence-corrected chi connectivity index (χ3v) is 8.15. The Balaban J connectivity index is 1.90. The summed E-state index contributed by atoms with van der Waals surface area (Å²) in [6, 6.07) is 4.45. The number of amides is 1. The highest BCUT2D eigenvalue weighted by atomic mass is 32.2. The molecular weight excluding hydrogens is 538 g/mol. The number of aromatic nitrogens is 2. The van der Waals surface area contributed by atoms with Crippen molar-refractivity contribution in [2.24, 2.45) is 0 Å². The second-order valence-corrected chi connectivity index (χ2v) is 11.8. The summed E-state index contributed by atoms with van der Waals surface area (Å²) in [7, 11) is 0. The lowest BCUT2D eigenvalue weighted by Crippen LogP contribution is -2.48. The highest BCUT2D eigenvalue weighted by molar-refractivity contribution is 7.99. The fourth-order valence-electron chi connectivity index (χ4n) is 4.54. The lowest BCUT2D eigenvalue weighted by molar-refractivity contribution is 0.0307. The maximum absolute atomic E-state index is 15.5. The van der Waals surface area contributed by atoms with Crippen molar-refractivity contribution in [1.29, 1.82) is 0 Å². The molecule has 1 fully saturated rings. The number of carbonyl (C=O) groups is 1. The summed E-state index contributed by atoms with van der Waals surface area (Å²) in [5.74, 6) is -0.876. The first kappa shape index (κ1) is 29.0. The Hall–Kier alpha value is -2.99. The molecule has 3 aromatic rings. The van der Waals surface area contributed by atoms with Gasteiger partial charge in [-0.25, -0.2) is 22.4 Å². The van der Waals surface area contributed by atoms with Crippen molar-refractivity contribution in [3.63, 3.8) is 0 Å². The minimum absolute atomic E-state index is 0.0738. The van der Waals surface area contributed by atoms with Gasteiger partial charge >= 0.3 is 5.69 Å². The number of alkyl halides is 2. The molecule has 1 atom stereocenters. The molecule has 1 aliphatic heterocycles. The van der Waals surface area contributed by atoms with Crippen molar-refractivity contribution in [3.8, 4) is 11.4 Å². The van der Waals surface area contributed by atoms with Crippen LogP contribution in [0.4, 0.5) is 17.6 Å². The Labute approximate surface area is 227 Å². The van der Waals surface area contributed by atoms with E-state index in [1.807, 2.05) is 6.92 Å². The number of benzene rings is 2. The van der Waals surface area contributed by atoms with Gasteiger partial charge in [0.2, 0.25) is 0 Å². The van der Waals surface area contributed by atoms with Gasteiger partial charge in [0.25, 0.3) is 12.3 Å². The largest absolute Gasteiger partial charge is 0.488 e. The molecule has 1 aromatic heterocycles. The zero-order valence-corrected chi connectivity index (χ0v) is 22.9. The predicted molar refractivity (Wildman–Crippen MR) is 142 cm³/mol. The molecule has 1 saturated heterocycles. The molecule has 0 aliphatic carbocycles. The summed E-state index contributed by atoms with van der Waals surface area (Å²) in [4.78, 5) is 26.9. The summed E-state index contributed by atoms with van der Waals surface area (Å²) >= 11 is 1.77. The van der Waals surface area contributed by atoms with E-state index in [-0.39, 0.29) is 28.0 Å². The molecule has 212 valence electrons. The number of carbonyl (C=O) groups excluding carboxylic acids is 1. The van der Waals surface area contributed by atoms with Gasteiger partial charge in [-0.3, -0.25) is 13.9 Å². The van der Waals surface area contributed by atoms with Crippen LogP contribution in [0.15, 0.2) is 35.1 Å². The highest BCUT2D eigenvalue weighted by Crippen LogP contribution is 2.31. The second-order valence-electron chi connectivity index (χ2n) is 10.6. The molecule has 0 radical (unpaired) electrons. The Morgan fingerprint density at radius 1 is 1.15 bits per heavy atom. The molecule has 2 heterocycles. The van der Waals surface area contributed by atoms with Crippen LogP contribution >= 0.6 is 11.8 Å². The number of hydrogen-bond acceptors (Lipinski definition) is 5. The summed E-state index contributed by atoms with van der Waals surface area (Å²) in [6.07, 6.45) is -1.34. The molecule has 1 aliphatic rings. The number of imidazole rings is 1. The van der Waals surface area contributed by atoms with Crippen molar-refractivity contribution in [3.05, 3.63) is 58.0 Å². The van der Waals surface area contributed by atoms with Crippen molar-refractivity contribution >= 4 is 28.7 Å². The van der Waals surface area contributed by atoms with E-state index in [0.29, 0.717) is 12.8 Å². The minimum atomic E-state index is -2.77. The van der Waals surface area contributed by atoms with Crippen LogP contribution in [-0.4, -0.2) is 55.8 Å². The number of hydrogen-bond donors (Lipinski definition) is 2. The molecule has 0 bridgehead atoms. The zero-order chi connectivity index (χ0) is 28.7. The first-order valence-corrected chi connectivity index (χ1v) is 13.7. The van der Waals surface area contributed by atoms with E-state index in [0.717, 1.165) is 44.9 Å². The molecule has 1 unspecified atom stereocenters. The molecule has 0 spiro atoms. The summed E-state index contributed by atoms with van der Waals surface area (Å²) < 4.78 is 62.9. The van der Waals surface area contributed by atoms with Crippen LogP contribution in [0.1, 0.15) is 56.9 Å². The molecule has 2 N–H and O–H groups in total. The third kappa shape index (κ3) is 5.96. The number of nitrogens with one attached hydrogen (secondary N) is 1. The maximum Gasteiger partial charge on any atom is 0.334 e. The number of halogens is 4. The molecule has 2 aromatic carbocycles. The summed E-state index contributed by atoms with van der Waals surface area (Å²) in [6.45, 7) is 5.48. The lowest BCUT2D eigenvalue weighted by Gasteiger charge is -2.34. The maximum atomic E-state index is 15.5. The Morgan fingerprint density at radius 2 is 1.82 bits per heavy atom. The predicted octanol–water partition coefficient (Wildman–Crippen LogP) is 5.06. The van der Waals surface area contributed by atoms with Gasteiger partial charge in [0.05, 0.1) is 33.9 Å². The molecule has 1 amide bonds. The molecular formula is C27H31F4N3O4S. The van der Waals surface area contributed by atoms with Crippen LogP contribution in [0.25, 0.3) is 16.7 Å². The van der Waals surface area contributed by atoms with E-state index >= 15 is 8.78 Å². The normalized spacial score (nSPS) is 16.5. The van der Waals surface area contributed by atoms with Gasteiger partial charge in [-0.1, -0.05) is 0 Å². The van der Waals surface area contributed by atoms with Gasteiger partial charge in [0.15, 0.2) is 0 Å². The van der Waals surface area contributed by atoms with Crippen molar-refractivity contribution in [2.45, 2.75) is 64.1 Å². The van der Waals surface area contributed by atoms with Crippen molar-refractivity contribution in [2.75, 3.05) is 18.1 Å². The van der Waals surface area contributed by atoms with E-state index in [4.69, 9.17) is 4.74 Å². The fraction of sp³-hybridized carbons (Fsp3) is 0.481. The number of aliphatic hydroxyl groups is 1. The third-order valence-electron chi connectivity index (χ3n) is 7.16. The molecule has 39 heavy (non-hydrogen) atoms. The van der Waals surface area contributed by atoms with Crippen LogP contribution in [-0.2, 0) is 0 Å². The topological polar surface area (TPSA) is 85.5 Å². The average Bonchev–Trinajstić information content (AvgIpc) is 3.12. The smallest absolute Gasteiger partial charge is 0.334 e. The van der Waals surface area contributed by atoms with E-state index in [9.17, 15) is 23.5 Å². The number of ether oxygens (including phenoxy) is 1. The van der Waals surface area contributed by atoms with Gasteiger partial charge < -0.3 is 15.2 Å². The number of rotatable bonds is 8. The summed E-state index contributed by atoms with van der Waals surface area (Å²) in [5, 5.41) is 13.6. The van der Waals surface area contributed by atoms with Gasteiger partial charge in [0.1, 0.15) is 24.0 Å². The second kappa shape index (κ2) is 10.9. The summed E-state index contributed by atoms with van der Waals surface area (Å²) in [5.41, 5.74) is -3.42. The van der Waals surface area contributed by atoms with E-state index < -0.39 is 53.4 Å². The van der Waals surface area contributed by atoms with Gasteiger partial charge in [0, 0.05) is 17.7 Å². The van der Waals surface area contributed by atoms with Crippen LogP contribution in [0.3, 0.4) is 0 Å². The van der Waals surface area contributed by atoms with Crippen LogP contribution in [0, 0.1) is 11.6 Å². The van der Waals surface area contributed by atoms with Gasteiger partial charge in [-0.05, 0) is 70.2 Å². The van der Waals surface area contributed by atoms with E-state index in [1.165, 1.54) is 19.9 Å². The van der Waals surface area contributed by atoms with Crippen LogP contribution in [0.5, 0.6) is 5.75 Å². The van der Waals surface area contributed by atoms with Crippen molar-refractivity contribution in [1.82, 2.24) is 14.5 Å². The Kier molecular flexibility index (Phi) is 8.09. The average molecular weight is 570 g/mol. The van der Waals surface area contributed by atoms with Gasteiger partial charge in [-0.2, -0.15) is 11.8 Å². The Morgan fingerprint density at radius 3 is 2.44 bits per heavy atom. The first-order valence-electron chi connectivity index (χ1n) is 12.5. The molecule has 12 heteroatoms. The van der Waals surface area contributed by atoms with Crippen LogP contribution < -0.4 is 15.7 Å². The standard InChI is InChI=1S/C27H31F4N3O4S/c1-15(26(2,3)37)33-21-12-17(24(35)32-27(4)7-9-39-10-8-27)19(29)13-22(21)34(25(33)36)20-11-16(5-6-18(20)28)38-14-23(30)31/h5-6,11-13,15,23,37H,7-10,14H2,1-4H3,(H,32,35). The monoisotopic (exact) mass is 569 g/mol.